The molecule has 1 heterocycles. The van der Waals surface area contributed by atoms with Crippen LogP contribution in [0.15, 0.2) is 41.3 Å². The molecule has 0 saturated heterocycles. The SMILES string of the molecule is CC.O=c1cc[nH]c2ccccc12.[2H]C. The van der Waals surface area contributed by atoms with E-state index < -0.39 is 0 Å². The lowest BCUT2D eigenvalue weighted by Crippen LogP contribution is -1.98. The maximum absolute atomic E-state index is 11.2. The van der Waals surface area contributed by atoms with Crippen LogP contribution in [0.25, 0.3) is 10.9 Å². The third-order valence-corrected chi connectivity index (χ3v) is 1.67. The molecular weight excluding hydrogens is 174 g/mol. The van der Waals surface area contributed by atoms with Gasteiger partial charge in [-0.15, -0.1) is 0 Å². The van der Waals surface area contributed by atoms with Crippen LogP contribution >= 0.6 is 0 Å². The van der Waals surface area contributed by atoms with E-state index in [1.165, 1.54) is 13.5 Å². The van der Waals surface area contributed by atoms with Crippen LogP contribution in [-0.4, -0.2) is 4.98 Å². The molecule has 2 rings (SSSR count). The van der Waals surface area contributed by atoms with Gasteiger partial charge < -0.3 is 4.98 Å². The fourth-order valence-electron chi connectivity index (χ4n) is 1.12. The van der Waals surface area contributed by atoms with Crippen LogP contribution in [0.4, 0.5) is 0 Å². The summed E-state index contributed by atoms with van der Waals surface area (Å²) in [5, 5.41) is 0.745. The Morgan fingerprint density at radius 1 is 1.21 bits per heavy atom. The van der Waals surface area contributed by atoms with Gasteiger partial charge in [0.25, 0.3) is 0 Å². The highest BCUT2D eigenvalue weighted by molar-refractivity contribution is 5.77. The number of rotatable bonds is 0. The van der Waals surface area contributed by atoms with E-state index in [-0.39, 0.29) is 5.43 Å². The Hall–Kier alpha value is -1.57. The smallest absolute Gasteiger partial charge is 0.189 e. The molecule has 14 heavy (non-hydrogen) atoms. The number of hydrogen-bond acceptors (Lipinski definition) is 1. The van der Waals surface area contributed by atoms with Crippen molar-refractivity contribution in [3.8, 4) is 0 Å². The first kappa shape index (κ1) is 10.5. The van der Waals surface area contributed by atoms with Crippen molar-refractivity contribution in [2.45, 2.75) is 21.3 Å². The Bertz CT molecular complexity index is 431. The van der Waals surface area contributed by atoms with Crippen molar-refractivity contribution < 1.29 is 1.37 Å². The van der Waals surface area contributed by atoms with Crippen molar-refractivity contribution in [2.24, 2.45) is 0 Å². The summed E-state index contributed by atoms with van der Waals surface area (Å²) in [6.07, 6.45) is 1.66. The van der Waals surface area contributed by atoms with Crippen molar-refractivity contribution in [3.63, 3.8) is 0 Å². The summed E-state index contributed by atoms with van der Waals surface area (Å²) in [6, 6.07) is 8.99. The predicted octanol–water partition coefficient (Wildman–Crippen LogP) is 3.19. The third kappa shape index (κ3) is 2.46. The number of para-hydroxylation sites is 1. The zero-order valence-electron chi connectivity index (χ0n) is 9.87. The molecule has 0 radical (unpaired) electrons. The average Bonchev–Trinajstić information content (AvgIpc) is 2.35. The summed E-state index contributed by atoms with van der Waals surface area (Å²) in [5.41, 5.74) is 0.958. The zero-order valence-corrected chi connectivity index (χ0v) is 8.87. The van der Waals surface area contributed by atoms with Crippen molar-refractivity contribution in [2.75, 3.05) is 0 Å². The molecule has 0 atom stereocenters. The highest BCUT2D eigenvalue weighted by Gasteiger charge is 1.92. The van der Waals surface area contributed by atoms with Gasteiger partial charge in [0.15, 0.2) is 5.43 Å². The van der Waals surface area contributed by atoms with Crippen molar-refractivity contribution in [1.82, 2.24) is 4.98 Å². The Morgan fingerprint density at radius 2 is 1.86 bits per heavy atom. The first-order valence-corrected chi connectivity index (χ1v) is 4.44. The third-order valence-electron chi connectivity index (χ3n) is 1.67. The van der Waals surface area contributed by atoms with E-state index in [1.54, 1.807) is 6.20 Å². The van der Waals surface area contributed by atoms with Gasteiger partial charge in [-0.25, -0.2) is 0 Å². The highest BCUT2D eigenvalue weighted by atomic mass is 16.1. The van der Waals surface area contributed by atoms with Crippen LogP contribution in [0.1, 0.15) is 22.6 Å². The van der Waals surface area contributed by atoms with E-state index in [4.69, 9.17) is 1.37 Å². The van der Waals surface area contributed by atoms with E-state index in [0.717, 1.165) is 10.9 Å². The van der Waals surface area contributed by atoms with E-state index in [1.807, 2.05) is 38.1 Å². The fourth-order valence-corrected chi connectivity index (χ4v) is 1.12. The van der Waals surface area contributed by atoms with E-state index in [0.29, 0.717) is 0 Å². The quantitative estimate of drug-likeness (QED) is 0.683. The van der Waals surface area contributed by atoms with Gasteiger partial charge in [-0.1, -0.05) is 33.4 Å². The molecule has 2 nitrogen and oxygen atoms in total. The molecule has 2 aromatic rings. The summed E-state index contributed by atoms with van der Waals surface area (Å²) < 4.78 is 5.75. The number of hydrogen-bond donors (Lipinski definition) is 1. The number of nitrogens with one attached hydrogen (secondary N) is 1. The molecule has 76 valence electrons. The molecule has 0 spiro atoms. The zero-order chi connectivity index (χ0) is 11.7. The molecule has 2 heteroatoms. The van der Waals surface area contributed by atoms with E-state index >= 15 is 0 Å². The van der Waals surface area contributed by atoms with Gasteiger partial charge in [0, 0.05) is 24.5 Å². The summed E-state index contributed by atoms with van der Waals surface area (Å²) in [6.45, 7) is 4.00. The molecular formula is C12H17NO. The first-order chi connectivity index (χ1) is 7.38. The van der Waals surface area contributed by atoms with Gasteiger partial charge in [0.05, 0.1) is 0 Å². The number of pyridine rings is 1. The van der Waals surface area contributed by atoms with Crippen LogP contribution < -0.4 is 5.43 Å². The number of aromatic amines is 1. The molecule has 1 N–H and O–H groups in total. The lowest BCUT2D eigenvalue weighted by Gasteiger charge is -1.92. The average molecular weight is 192 g/mol. The lowest BCUT2D eigenvalue weighted by atomic mass is 10.2. The second-order valence-corrected chi connectivity index (χ2v) is 2.39. The standard InChI is InChI=1S/C9H7NO.C2H6.CH4/c11-9-5-6-10-8-4-2-1-3-7(8)9;1-2;/h1-6H,(H,10,11);1-2H3;1H4/i;;1D. The molecule has 0 saturated carbocycles. The number of aromatic nitrogens is 1. The Labute approximate surface area is 86.0 Å². The first-order valence-electron chi connectivity index (χ1n) is 5.44. The Balaban J connectivity index is 0.000000442. The van der Waals surface area contributed by atoms with E-state index in [9.17, 15) is 4.79 Å². The van der Waals surface area contributed by atoms with Gasteiger partial charge >= 0.3 is 0 Å². The second kappa shape index (κ2) is 5.97. The van der Waals surface area contributed by atoms with Crippen molar-refractivity contribution >= 4 is 10.9 Å². The van der Waals surface area contributed by atoms with Crippen LogP contribution in [0.3, 0.4) is 0 Å². The van der Waals surface area contributed by atoms with Crippen molar-refractivity contribution in [1.29, 1.82) is 0 Å². The molecule has 0 fully saturated rings. The van der Waals surface area contributed by atoms with Crippen LogP contribution in [0.2, 0.25) is 0 Å². The second-order valence-electron chi connectivity index (χ2n) is 2.39. The molecule has 0 bridgehead atoms. The Kier molecular flexibility index (Phi) is 4.48. The minimum atomic E-state index is 0.0688. The largest absolute Gasteiger partial charge is 0.361 e. The monoisotopic (exact) mass is 192 g/mol. The number of benzene rings is 1. The molecule has 1 aromatic carbocycles. The lowest BCUT2D eigenvalue weighted by molar-refractivity contribution is 1.39. The van der Waals surface area contributed by atoms with Gasteiger partial charge in [0.1, 0.15) is 0 Å². The summed E-state index contributed by atoms with van der Waals surface area (Å²) in [4.78, 5) is 14.2. The molecule has 1 aromatic heterocycles. The van der Waals surface area contributed by atoms with Gasteiger partial charge in [-0.3, -0.25) is 4.79 Å². The van der Waals surface area contributed by atoms with Crippen LogP contribution in [0, 0.1) is 0 Å². The van der Waals surface area contributed by atoms with Crippen LogP contribution in [-0.2, 0) is 0 Å². The predicted molar refractivity (Wildman–Crippen MR) is 62.6 cm³/mol. The molecule has 0 aliphatic carbocycles. The number of fused-ring (bicyclic) bond motifs is 1. The molecule has 0 aliphatic rings. The molecule has 0 aliphatic heterocycles. The molecule has 0 unspecified atom stereocenters. The normalized spacial score (nSPS) is 8.93. The van der Waals surface area contributed by atoms with Gasteiger partial charge in [-0.2, -0.15) is 0 Å². The van der Waals surface area contributed by atoms with Gasteiger partial charge in [0.2, 0.25) is 0 Å². The fraction of sp³-hybridized carbons (Fsp3) is 0.250. The van der Waals surface area contributed by atoms with E-state index in [2.05, 4.69) is 4.98 Å². The highest BCUT2D eigenvalue weighted by Crippen LogP contribution is 2.03. The van der Waals surface area contributed by atoms with Crippen LogP contribution in [0.5, 0.6) is 0 Å². The minimum absolute atomic E-state index is 0.0688. The molecule has 0 amide bonds. The maximum atomic E-state index is 11.2. The number of H-pyrrole nitrogens is 1. The topological polar surface area (TPSA) is 32.9 Å². The van der Waals surface area contributed by atoms with Crippen molar-refractivity contribution in [3.05, 3.63) is 46.8 Å². The summed E-state index contributed by atoms with van der Waals surface area (Å²) in [7, 11) is 1.25. The minimum Gasteiger partial charge on any atom is -0.361 e. The maximum Gasteiger partial charge on any atom is 0.189 e. The van der Waals surface area contributed by atoms with Gasteiger partial charge in [-0.05, 0) is 12.1 Å². The summed E-state index contributed by atoms with van der Waals surface area (Å²) in [5.74, 6) is 0. The Morgan fingerprint density at radius 3 is 2.50 bits per heavy atom. The summed E-state index contributed by atoms with van der Waals surface area (Å²) >= 11 is 0.